The van der Waals surface area contributed by atoms with E-state index >= 15 is 0 Å². The number of nitrogens with zero attached hydrogens (tertiary/aromatic N) is 1. The fourth-order valence-electron chi connectivity index (χ4n) is 3.32. The average molecular weight is 233 g/mol. The second-order valence-electron chi connectivity index (χ2n) is 5.80. The number of nitrogens with two attached hydrogens (primary N) is 1. The van der Waals surface area contributed by atoms with Crippen LogP contribution in [0.1, 0.15) is 55.7 Å². The van der Waals surface area contributed by atoms with Crippen molar-refractivity contribution in [2.45, 2.75) is 63.8 Å². The highest BCUT2D eigenvalue weighted by molar-refractivity contribution is 5.19. The van der Waals surface area contributed by atoms with Gasteiger partial charge in [-0.3, -0.25) is 0 Å². The highest BCUT2D eigenvalue weighted by Crippen LogP contribution is 2.28. The zero-order chi connectivity index (χ0) is 11.7. The molecule has 1 fully saturated rings. The number of aromatic amines is 1. The lowest BCUT2D eigenvalue weighted by atomic mass is 9.97. The summed E-state index contributed by atoms with van der Waals surface area (Å²) in [6.45, 7) is 0. The molecular formula is C14H23N3. The van der Waals surface area contributed by atoms with Crippen LogP contribution in [0, 0.1) is 5.92 Å². The fourth-order valence-corrected chi connectivity index (χ4v) is 3.32. The van der Waals surface area contributed by atoms with Gasteiger partial charge in [-0.05, 0) is 25.2 Å². The van der Waals surface area contributed by atoms with Gasteiger partial charge in [0.15, 0.2) is 0 Å². The number of aromatic nitrogens is 2. The minimum atomic E-state index is 0.339. The van der Waals surface area contributed by atoms with E-state index in [1.807, 2.05) is 0 Å². The molecule has 3 nitrogen and oxygen atoms in total. The number of rotatable bonds is 3. The third-order valence-corrected chi connectivity index (χ3v) is 4.40. The first-order valence-corrected chi connectivity index (χ1v) is 7.13. The smallest absolute Gasteiger partial charge is 0.106 e. The Morgan fingerprint density at radius 3 is 2.88 bits per heavy atom. The number of nitrogens with one attached hydrogen (secondary N) is 1. The van der Waals surface area contributed by atoms with Crippen molar-refractivity contribution in [1.29, 1.82) is 0 Å². The molecule has 1 unspecified atom stereocenters. The van der Waals surface area contributed by atoms with Crippen LogP contribution in [0.2, 0.25) is 0 Å². The summed E-state index contributed by atoms with van der Waals surface area (Å²) in [5.74, 6) is 2.16. The number of fused-ring (bicyclic) bond motifs is 1. The van der Waals surface area contributed by atoms with Crippen LogP contribution < -0.4 is 5.73 Å². The van der Waals surface area contributed by atoms with E-state index in [1.54, 1.807) is 0 Å². The standard InChI is InChI=1S/C14H23N3/c15-11-6-7-12-13(9-11)17-14(16-12)8-5-10-3-1-2-4-10/h10-11H,1-9,15H2,(H,16,17). The van der Waals surface area contributed by atoms with E-state index in [0.717, 1.165) is 31.6 Å². The van der Waals surface area contributed by atoms with E-state index in [9.17, 15) is 0 Å². The third-order valence-electron chi connectivity index (χ3n) is 4.40. The molecule has 0 saturated heterocycles. The van der Waals surface area contributed by atoms with Crippen molar-refractivity contribution in [2.24, 2.45) is 11.7 Å². The Balaban J connectivity index is 1.60. The van der Waals surface area contributed by atoms with Crippen molar-refractivity contribution in [3.63, 3.8) is 0 Å². The first-order valence-electron chi connectivity index (χ1n) is 7.13. The summed E-state index contributed by atoms with van der Waals surface area (Å²) >= 11 is 0. The van der Waals surface area contributed by atoms with Crippen molar-refractivity contribution in [3.8, 4) is 0 Å². The lowest BCUT2D eigenvalue weighted by molar-refractivity contribution is 0.498. The predicted molar refractivity (Wildman–Crippen MR) is 68.9 cm³/mol. The monoisotopic (exact) mass is 233 g/mol. The summed E-state index contributed by atoms with van der Waals surface area (Å²) < 4.78 is 0. The maximum absolute atomic E-state index is 5.98. The van der Waals surface area contributed by atoms with E-state index in [4.69, 9.17) is 10.7 Å². The largest absolute Gasteiger partial charge is 0.346 e. The Morgan fingerprint density at radius 1 is 1.24 bits per heavy atom. The first kappa shape index (κ1) is 11.3. The molecule has 3 heteroatoms. The second-order valence-corrected chi connectivity index (χ2v) is 5.80. The van der Waals surface area contributed by atoms with E-state index in [1.165, 1.54) is 49.3 Å². The van der Waals surface area contributed by atoms with Gasteiger partial charge in [-0.1, -0.05) is 25.7 Å². The average Bonchev–Trinajstić information content (AvgIpc) is 2.94. The zero-order valence-electron chi connectivity index (χ0n) is 10.5. The molecule has 3 rings (SSSR count). The number of hydrogen-bond donors (Lipinski definition) is 2. The predicted octanol–water partition coefficient (Wildman–Crippen LogP) is 2.35. The molecule has 0 radical (unpaired) electrons. The Labute approximate surface area is 103 Å². The van der Waals surface area contributed by atoms with Gasteiger partial charge in [0.2, 0.25) is 0 Å². The van der Waals surface area contributed by atoms with Crippen LogP contribution in [-0.4, -0.2) is 16.0 Å². The van der Waals surface area contributed by atoms with Crippen molar-refractivity contribution in [3.05, 3.63) is 17.2 Å². The minimum Gasteiger partial charge on any atom is -0.346 e. The first-order chi connectivity index (χ1) is 8.31. The van der Waals surface area contributed by atoms with Gasteiger partial charge >= 0.3 is 0 Å². The summed E-state index contributed by atoms with van der Waals surface area (Å²) in [5.41, 5.74) is 8.58. The molecule has 0 aliphatic heterocycles. The van der Waals surface area contributed by atoms with Crippen molar-refractivity contribution in [1.82, 2.24) is 9.97 Å². The molecular weight excluding hydrogens is 210 g/mol. The van der Waals surface area contributed by atoms with Gasteiger partial charge in [0.25, 0.3) is 0 Å². The maximum Gasteiger partial charge on any atom is 0.106 e. The molecule has 2 aliphatic carbocycles. The fraction of sp³-hybridized carbons (Fsp3) is 0.786. The Bertz CT molecular complexity index is 377. The Morgan fingerprint density at radius 2 is 2.06 bits per heavy atom. The van der Waals surface area contributed by atoms with Gasteiger partial charge < -0.3 is 10.7 Å². The molecule has 1 heterocycles. The van der Waals surface area contributed by atoms with Crippen molar-refractivity contribution < 1.29 is 0 Å². The molecule has 94 valence electrons. The molecule has 3 N–H and O–H groups in total. The Hall–Kier alpha value is -0.830. The molecule has 1 saturated carbocycles. The van der Waals surface area contributed by atoms with Crippen LogP contribution in [0.15, 0.2) is 0 Å². The Kier molecular flexibility index (Phi) is 3.19. The van der Waals surface area contributed by atoms with Gasteiger partial charge in [0.05, 0.1) is 5.69 Å². The molecule has 2 aliphatic rings. The third kappa shape index (κ3) is 2.54. The van der Waals surface area contributed by atoms with E-state index < -0.39 is 0 Å². The molecule has 0 spiro atoms. The number of imidazole rings is 1. The van der Waals surface area contributed by atoms with Crippen LogP contribution in [-0.2, 0) is 19.3 Å². The lowest BCUT2D eigenvalue weighted by Gasteiger charge is -2.16. The molecule has 0 amide bonds. The molecule has 1 aromatic heterocycles. The normalized spacial score (nSPS) is 25.1. The van der Waals surface area contributed by atoms with Gasteiger partial charge in [-0.2, -0.15) is 0 Å². The molecule has 1 atom stereocenters. The topological polar surface area (TPSA) is 54.7 Å². The van der Waals surface area contributed by atoms with Gasteiger partial charge in [0.1, 0.15) is 5.82 Å². The number of hydrogen-bond acceptors (Lipinski definition) is 2. The second kappa shape index (κ2) is 4.81. The van der Waals surface area contributed by atoms with Crippen molar-refractivity contribution >= 4 is 0 Å². The maximum atomic E-state index is 5.98. The lowest BCUT2D eigenvalue weighted by Crippen LogP contribution is -2.27. The molecule has 17 heavy (non-hydrogen) atoms. The van der Waals surface area contributed by atoms with Crippen LogP contribution in [0.3, 0.4) is 0 Å². The van der Waals surface area contributed by atoms with E-state index in [-0.39, 0.29) is 0 Å². The number of aryl methyl sites for hydroxylation is 2. The van der Waals surface area contributed by atoms with Gasteiger partial charge in [0, 0.05) is 24.6 Å². The SMILES string of the molecule is NC1CCc2nc(CCC3CCCC3)[nH]c2C1. The van der Waals surface area contributed by atoms with Crippen LogP contribution in [0.4, 0.5) is 0 Å². The quantitative estimate of drug-likeness (QED) is 0.842. The highest BCUT2D eigenvalue weighted by Gasteiger charge is 2.20. The van der Waals surface area contributed by atoms with Crippen LogP contribution in [0.5, 0.6) is 0 Å². The minimum absolute atomic E-state index is 0.339. The summed E-state index contributed by atoms with van der Waals surface area (Å²) in [5, 5.41) is 0. The van der Waals surface area contributed by atoms with Crippen molar-refractivity contribution in [2.75, 3.05) is 0 Å². The zero-order valence-corrected chi connectivity index (χ0v) is 10.5. The van der Waals surface area contributed by atoms with E-state index in [0.29, 0.717) is 6.04 Å². The number of H-pyrrole nitrogens is 1. The molecule has 0 aromatic carbocycles. The van der Waals surface area contributed by atoms with E-state index in [2.05, 4.69) is 4.98 Å². The highest BCUT2D eigenvalue weighted by atomic mass is 14.9. The van der Waals surface area contributed by atoms with Gasteiger partial charge in [-0.25, -0.2) is 4.98 Å². The van der Waals surface area contributed by atoms with Crippen LogP contribution >= 0.6 is 0 Å². The summed E-state index contributed by atoms with van der Waals surface area (Å²) in [4.78, 5) is 8.23. The summed E-state index contributed by atoms with van der Waals surface area (Å²) in [6.07, 6.45) is 11.4. The summed E-state index contributed by atoms with van der Waals surface area (Å²) in [7, 11) is 0. The molecule has 1 aromatic rings. The van der Waals surface area contributed by atoms with Crippen LogP contribution in [0.25, 0.3) is 0 Å². The molecule has 0 bridgehead atoms. The summed E-state index contributed by atoms with van der Waals surface area (Å²) in [6, 6.07) is 0.339. The van der Waals surface area contributed by atoms with Gasteiger partial charge in [-0.15, -0.1) is 0 Å².